The van der Waals surface area contributed by atoms with E-state index in [1.807, 2.05) is 0 Å². The molecule has 1 aliphatic carbocycles. The van der Waals surface area contributed by atoms with E-state index < -0.39 is 8.07 Å². The molecule has 1 fully saturated rings. The number of hydrogen-bond donors (Lipinski definition) is 0. The number of Topliss-reactive ketones (excluding diaryl/α,β-unsaturated/α-hetero) is 1. The molecule has 1 atom stereocenters. The number of rotatable bonds is 6. The molecule has 0 radical (unpaired) electrons. The van der Waals surface area contributed by atoms with E-state index in [-0.39, 0.29) is 0 Å². The Labute approximate surface area is 108 Å². The van der Waals surface area contributed by atoms with Gasteiger partial charge in [-0.2, -0.15) is 0 Å². The van der Waals surface area contributed by atoms with Crippen molar-refractivity contribution in [3.05, 3.63) is 0 Å². The van der Waals surface area contributed by atoms with Crippen molar-refractivity contribution in [3.8, 4) is 0 Å². The highest BCUT2D eigenvalue weighted by Gasteiger charge is 2.48. The van der Waals surface area contributed by atoms with Gasteiger partial charge in [0, 0.05) is 11.5 Å². The number of carbonyl (C=O) groups is 1. The van der Waals surface area contributed by atoms with Gasteiger partial charge in [0.15, 0.2) is 0 Å². The summed E-state index contributed by atoms with van der Waals surface area (Å²) in [7, 11) is -1.51. The van der Waals surface area contributed by atoms with E-state index in [1.165, 1.54) is 12.8 Å². The van der Waals surface area contributed by atoms with Crippen LogP contribution >= 0.6 is 0 Å². The van der Waals surface area contributed by atoms with Gasteiger partial charge in [-0.05, 0) is 24.3 Å². The zero-order valence-electron chi connectivity index (χ0n) is 12.6. The largest absolute Gasteiger partial charge is 0.299 e. The molecule has 0 aromatic rings. The molecule has 100 valence electrons. The molecule has 1 aliphatic rings. The summed E-state index contributed by atoms with van der Waals surface area (Å²) in [4.78, 5) is 12.5. The van der Waals surface area contributed by atoms with Gasteiger partial charge in [-0.25, -0.2) is 0 Å². The topological polar surface area (TPSA) is 17.1 Å². The number of unbranched alkanes of at least 4 members (excludes halogenated alkanes) is 1. The highest BCUT2D eigenvalue weighted by molar-refractivity contribution is 6.84. The molecule has 1 unspecified atom stereocenters. The summed E-state index contributed by atoms with van der Waals surface area (Å²) in [6.07, 6.45) is 5.90. The minimum absolute atomic E-state index is 0.329. The maximum atomic E-state index is 12.5. The molecule has 1 nitrogen and oxygen atoms in total. The van der Waals surface area contributed by atoms with Crippen LogP contribution in [-0.4, -0.2) is 13.9 Å². The Hall–Kier alpha value is -0.113. The first kappa shape index (κ1) is 14.9. The third-order valence-corrected chi connectivity index (χ3v) is 11.2. The normalized spacial score (nSPS) is 19.2. The molecule has 0 aromatic heterocycles. The first-order chi connectivity index (χ1) is 7.71. The average molecular weight is 254 g/mol. The van der Waals surface area contributed by atoms with Crippen molar-refractivity contribution in [3.63, 3.8) is 0 Å². The summed E-state index contributed by atoms with van der Waals surface area (Å²) < 4.78 is 0. The fourth-order valence-electron chi connectivity index (χ4n) is 2.44. The molecule has 0 bridgehead atoms. The van der Waals surface area contributed by atoms with Crippen LogP contribution in [0.15, 0.2) is 0 Å². The lowest BCUT2D eigenvalue weighted by molar-refractivity contribution is -0.120. The Kier molecular flexibility index (Phi) is 4.62. The van der Waals surface area contributed by atoms with Crippen molar-refractivity contribution in [2.24, 2.45) is 5.92 Å². The first-order valence-electron chi connectivity index (χ1n) is 7.25. The van der Waals surface area contributed by atoms with Crippen LogP contribution in [0.2, 0.25) is 23.7 Å². The summed E-state index contributed by atoms with van der Waals surface area (Å²) >= 11 is 0. The van der Waals surface area contributed by atoms with Crippen LogP contribution in [0.25, 0.3) is 0 Å². The molecule has 17 heavy (non-hydrogen) atoms. The summed E-state index contributed by atoms with van der Waals surface area (Å²) in [5, 5.41) is 0.329. The molecular formula is C15H30OSi. The van der Waals surface area contributed by atoms with Crippen molar-refractivity contribution >= 4 is 13.9 Å². The lowest BCUT2D eigenvalue weighted by Gasteiger charge is -2.43. The van der Waals surface area contributed by atoms with Crippen molar-refractivity contribution in [2.45, 2.75) is 83.5 Å². The molecule has 0 saturated heterocycles. The number of carbonyl (C=O) groups excluding carboxylic acids is 1. The molecular weight excluding hydrogens is 224 g/mol. The minimum atomic E-state index is -1.51. The van der Waals surface area contributed by atoms with E-state index in [9.17, 15) is 4.79 Å². The van der Waals surface area contributed by atoms with Crippen molar-refractivity contribution in [2.75, 3.05) is 0 Å². The third-order valence-electron chi connectivity index (χ3n) is 4.97. The van der Waals surface area contributed by atoms with Crippen LogP contribution in [0, 0.1) is 5.92 Å². The number of ketones is 1. The second kappa shape index (κ2) is 5.25. The van der Waals surface area contributed by atoms with Gasteiger partial charge in [-0.15, -0.1) is 0 Å². The predicted octanol–water partition coefficient (Wildman–Crippen LogP) is 5.03. The van der Waals surface area contributed by atoms with Crippen molar-refractivity contribution < 1.29 is 4.79 Å². The molecule has 0 N–H and O–H groups in total. The van der Waals surface area contributed by atoms with E-state index >= 15 is 0 Å². The smallest absolute Gasteiger partial charge is 0.136 e. The molecule has 0 heterocycles. The van der Waals surface area contributed by atoms with Gasteiger partial charge in [-0.1, -0.05) is 53.6 Å². The zero-order chi connectivity index (χ0) is 13.3. The fraction of sp³-hybridized carbons (Fsp3) is 0.933. The Morgan fingerprint density at radius 2 is 1.82 bits per heavy atom. The highest BCUT2D eigenvalue weighted by Crippen LogP contribution is 2.49. The van der Waals surface area contributed by atoms with Gasteiger partial charge in [0.05, 0.1) is 8.07 Å². The SMILES string of the molecule is CCCCC(C(=O)C1CC1)[Si](C)(C)C(C)(C)C. The minimum Gasteiger partial charge on any atom is -0.299 e. The van der Waals surface area contributed by atoms with Crippen LogP contribution in [0.4, 0.5) is 0 Å². The Balaban J connectivity index is 2.84. The van der Waals surface area contributed by atoms with E-state index in [0.29, 0.717) is 22.3 Å². The monoisotopic (exact) mass is 254 g/mol. The van der Waals surface area contributed by atoms with E-state index in [1.54, 1.807) is 0 Å². The van der Waals surface area contributed by atoms with Crippen LogP contribution in [0.1, 0.15) is 59.8 Å². The molecule has 0 spiro atoms. The van der Waals surface area contributed by atoms with Gasteiger partial charge in [0.2, 0.25) is 0 Å². The van der Waals surface area contributed by atoms with Gasteiger partial charge >= 0.3 is 0 Å². The Morgan fingerprint density at radius 1 is 1.29 bits per heavy atom. The molecule has 1 rings (SSSR count). The van der Waals surface area contributed by atoms with Crippen LogP contribution in [-0.2, 0) is 4.79 Å². The van der Waals surface area contributed by atoms with Crippen LogP contribution in [0.3, 0.4) is 0 Å². The summed E-state index contributed by atoms with van der Waals surface area (Å²) in [5.41, 5.74) is 0.398. The van der Waals surface area contributed by atoms with Crippen LogP contribution < -0.4 is 0 Å². The summed E-state index contributed by atoms with van der Waals surface area (Å²) in [6.45, 7) is 14.1. The summed E-state index contributed by atoms with van der Waals surface area (Å²) in [6, 6.07) is 0. The second-order valence-corrected chi connectivity index (χ2v) is 13.0. The second-order valence-electron chi connectivity index (χ2n) is 7.34. The maximum Gasteiger partial charge on any atom is 0.136 e. The molecule has 2 heteroatoms. The third kappa shape index (κ3) is 3.43. The standard InChI is InChI=1S/C15H30OSi/c1-7-8-9-13(14(16)12-10-11-12)17(5,6)15(2,3)4/h12-13H,7-11H2,1-6H3. The Morgan fingerprint density at radius 3 is 2.18 bits per heavy atom. The zero-order valence-corrected chi connectivity index (χ0v) is 13.6. The molecule has 1 saturated carbocycles. The lowest BCUT2D eigenvalue weighted by atomic mass is 10.1. The molecule has 0 amide bonds. The quantitative estimate of drug-likeness (QED) is 0.607. The lowest BCUT2D eigenvalue weighted by Crippen LogP contribution is -2.45. The molecule has 0 aromatic carbocycles. The first-order valence-corrected chi connectivity index (χ1v) is 10.3. The van der Waals surface area contributed by atoms with Crippen LogP contribution in [0.5, 0.6) is 0 Å². The predicted molar refractivity (Wildman–Crippen MR) is 78.2 cm³/mol. The maximum absolute atomic E-state index is 12.5. The van der Waals surface area contributed by atoms with Gasteiger partial charge in [0.1, 0.15) is 5.78 Å². The van der Waals surface area contributed by atoms with Crippen molar-refractivity contribution in [1.29, 1.82) is 0 Å². The van der Waals surface area contributed by atoms with E-state index in [2.05, 4.69) is 40.8 Å². The Bertz CT molecular complexity index is 271. The van der Waals surface area contributed by atoms with Gasteiger partial charge in [0.25, 0.3) is 0 Å². The van der Waals surface area contributed by atoms with Crippen molar-refractivity contribution in [1.82, 2.24) is 0 Å². The van der Waals surface area contributed by atoms with E-state index in [0.717, 1.165) is 19.3 Å². The fourth-order valence-corrected chi connectivity index (χ4v) is 5.36. The van der Waals surface area contributed by atoms with E-state index in [4.69, 9.17) is 0 Å². The van der Waals surface area contributed by atoms with Gasteiger partial charge in [-0.3, -0.25) is 4.79 Å². The number of hydrogen-bond acceptors (Lipinski definition) is 1. The molecule has 0 aliphatic heterocycles. The summed E-state index contributed by atoms with van der Waals surface area (Å²) in [5.74, 6) is 1.05. The highest BCUT2D eigenvalue weighted by atomic mass is 28.3. The average Bonchev–Trinajstić information content (AvgIpc) is 2.98. The van der Waals surface area contributed by atoms with Gasteiger partial charge < -0.3 is 0 Å².